The molecular formula is C26H33F2N7O. The van der Waals surface area contributed by atoms with Crippen LogP contribution in [0.4, 0.5) is 20.7 Å². The van der Waals surface area contributed by atoms with E-state index in [9.17, 15) is 13.9 Å². The zero-order chi connectivity index (χ0) is 25.3. The number of nitrogens with one attached hydrogen (secondary N) is 2. The molecule has 192 valence electrons. The standard InChI is InChI=1S/C26H33F2N7O/c1-34(14-2-3-20-6-9-22(27)23(28)17-20)25-31-24(32-26(33-25)35-15-12-29-13-16-35)18-30-11-10-19-4-7-21(36)8-5-19/h4-9,17,29-30,36H,2-3,10-16,18H2,1H3. The number of benzene rings is 2. The van der Waals surface area contributed by atoms with E-state index in [1.165, 1.54) is 12.1 Å². The van der Waals surface area contributed by atoms with Gasteiger partial charge in [0.1, 0.15) is 11.6 Å². The Balaban J connectivity index is 1.38. The molecule has 0 radical (unpaired) electrons. The van der Waals surface area contributed by atoms with E-state index >= 15 is 0 Å². The molecule has 3 aromatic rings. The summed E-state index contributed by atoms with van der Waals surface area (Å²) in [4.78, 5) is 18.3. The van der Waals surface area contributed by atoms with Crippen LogP contribution in [0.25, 0.3) is 0 Å². The minimum Gasteiger partial charge on any atom is -0.508 e. The van der Waals surface area contributed by atoms with Crippen molar-refractivity contribution in [3.63, 3.8) is 0 Å². The van der Waals surface area contributed by atoms with E-state index in [2.05, 4.69) is 15.5 Å². The smallest absolute Gasteiger partial charge is 0.230 e. The van der Waals surface area contributed by atoms with Gasteiger partial charge in [0.25, 0.3) is 0 Å². The first-order chi connectivity index (χ1) is 17.5. The summed E-state index contributed by atoms with van der Waals surface area (Å²) < 4.78 is 26.7. The second-order valence-corrected chi connectivity index (χ2v) is 8.96. The van der Waals surface area contributed by atoms with E-state index in [0.29, 0.717) is 37.2 Å². The molecule has 0 spiro atoms. The van der Waals surface area contributed by atoms with E-state index in [1.54, 1.807) is 18.2 Å². The second-order valence-electron chi connectivity index (χ2n) is 8.96. The Morgan fingerprint density at radius 2 is 1.72 bits per heavy atom. The molecule has 2 aromatic carbocycles. The first kappa shape index (κ1) is 25.7. The maximum absolute atomic E-state index is 13.5. The van der Waals surface area contributed by atoms with Crippen LogP contribution in [-0.2, 0) is 19.4 Å². The minimum atomic E-state index is -0.828. The van der Waals surface area contributed by atoms with Crippen LogP contribution >= 0.6 is 0 Å². The van der Waals surface area contributed by atoms with E-state index in [0.717, 1.165) is 56.7 Å². The highest BCUT2D eigenvalue weighted by Gasteiger charge is 2.17. The summed E-state index contributed by atoms with van der Waals surface area (Å²) in [5.41, 5.74) is 1.90. The molecule has 3 N–H and O–H groups in total. The molecule has 1 fully saturated rings. The molecule has 1 aromatic heterocycles. The minimum absolute atomic E-state index is 0.263. The molecule has 1 saturated heterocycles. The number of halogens is 2. The van der Waals surface area contributed by atoms with Gasteiger partial charge in [-0.1, -0.05) is 18.2 Å². The topological polar surface area (TPSA) is 89.4 Å². The van der Waals surface area contributed by atoms with Crippen LogP contribution in [0.5, 0.6) is 5.75 Å². The molecule has 10 heteroatoms. The summed E-state index contributed by atoms with van der Waals surface area (Å²) >= 11 is 0. The largest absolute Gasteiger partial charge is 0.508 e. The lowest BCUT2D eigenvalue weighted by Gasteiger charge is -2.28. The van der Waals surface area contributed by atoms with Crippen LogP contribution in [-0.4, -0.2) is 66.4 Å². The summed E-state index contributed by atoms with van der Waals surface area (Å²) in [7, 11) is 1.93. The molecule has 0 amide bonds. The highest BCUT2D eigenvalue weighted by molar-refractivity contribution is 5.39. The fourth-order valence-corrected chi connectivity index (χ4v) is 4.06. The number of aryl methyl sites for hydroxylation is 1. The van der Waals surface area contributed by atoms with Gasteiger partial charge in [0.15, 0.2) is 11.6 Å². The Labute approximate surface area is 210 Å². The predicted octanol–water partition coefficient (Wildman–Crippen LogP) is 2.67. The summed E-state index contributed by atoms with van der Waals surface area (Å²) in [6, 6.07) is 11.2. The first-order valence-electron chi connectivity index (χ1n) is 12.3. The third kappa shape index (κ3) is 7.32. The lowest BCUT2D eigenvalue weighted by Crippen LogP contribution is -2.44. The Morgan fingerprint density at radius 3 is 2.47 bits per heavy atom. The number of hydrogen-bond donors (Lipinski definition) is 3. The molecule has 0 saturated carbocycles. The molecule has 0 atom stereocenters. The predicted molar refractivity (Wildman–Crippen MR) is 136 cm³/mol. The van der Waals surface area contributed by atoms with Crippen LogP contribution < -0.4 is 20.4 Å². The van der Waals surface area contributed by atoms with Gasteiger partial charge in [-0.2, -0.15) is 15.0 Å². The number of phenolic OH excluding ortho intramolecular Hbond substituents is 1. The van der Waals surface area contributed by atoms with Crippen molar-refractivity contribution in [3.8, 4) is 5.75 Å². The van der Waals surface area contributed by atoms with Gasteiger partial charge in [0.05, 0.1) is 6.54 Å². The van der Waals surface area contributed by atoms with Crippen molar-refractivity contribution < 1.29 is 13.9 Å². The fourth-order valence-electron chi connectivity index (χ4n) is 4.06. The molecule has 0 unspecified atom stereocenters. The number of hydrogen-bond acceptors (Lipinski definition) is 8. The van der Waals surface area contributed by atoms with E-state index < -0.39 is 11.6 Å². The fraction of sp³-hybridized carbons (Fsp3) is 0.423. The number of piperazine rings is 1. The van der Waals surface area contributed by atoms with E-state index in [4.69, 9.17) is 15.0 Å². The highest BCUT2D eigenvalue weighted by atomic mass is 19.2. The van der Waals surface area contributed by atoms with Gasteiger partial charge < -0.3 is 25.5 Å². The molecule has 0 bridgehead atoms. The van der Waals surface area contributed by atoms with Crippen molar-refractivity contribution in [2.24, 2.45) is 0 Å². The normalized spacial score (nSPS) is 13.7. The summed E-state index contributed by atoms with van der Waals surface area (Å²) in [6.07, 6.45) is 2.20. The van der Waals surface area contributed by atoms with Crippen LogP contribution in [0.2, 0.25) is 0 Å². The molecular weight excluding hydrogens is 464 g/mol. The third-order valence-electron chi connectivity index (χ3n) is 6.15. The van der Waals surface area contributed by atoms with Gasteiger partial charge >= 0.3 is 0 Å². The van der Waals surface area contributed by atoms with Crippen LogP contribution in [0.15, 0.2) is 42.5 Å². The molecule has 2 heterocycles. The summed E-state index contributed by atoms with van der Waals surface area (Å²) in [6.45, 7) is 5.34. The van der Waals surface area contributed by atoms with Crippen LogP contribution in [0, 0.1) is 11.6 Å². The van der Waals surface area contributed by atoms with Gasteiger partial charge in [-0.05, 0) is 61.2 Å². The maximum Gasteiger partial charge on any atom is 0.230 e. The van der Waals surface area contributed by atoms with Crippen molar-refractivity contribution in [2.45, 2.75) is 25.8 Å². The molecule has 0 aliphatic carbocycles. The number of phenols is 1. The van der Waals surface area contributed by atoms with Crippen molar-refractivity contribution in [1.29, 1.82) is 0 Å². The Hall–Kier alpha value is -3.37. The third-order valence-corrected chi connectivity index (χ3v) is 6.15. The van der Waals surface area contributed by atoms with E-state index in [1.807, 2.05) is 24.1 Å². The lowest BCUT2D eigenvalue weighted by molar-refractivity contribution is 0.475. The summed E-state index contributed by atoms with van der Waals surface area (Å²) in [5, 5.41) is 16.2. The number of aromatic hydroxyl groups is 1. The number of rotatable bonds is 11. The van der Waals surface area contributed by atoms with Crippen molar-refractivity contribution in [2.75, 3.05) is 56.1 Å². The Morgan fingerprint density at radius 1 is 0.972 bits per heavy atom. The average Bonchev–Trinajstić information content (AvgIpc) is 2.90. The molecule has 1 aliphatic heterocycles. The lowest BCUT2D eigenvalue weighted by atomic mass is 10.1. The highest BCUT2D eigenvalue weighted by Crippen LogP contribution is 2.16. The summed E-state index contributed by atoms with van der Waals surface area (Å²) in [5.74, 6) is 0.557. The zero-order valence-corrected chi connectivity index (χ0v) is 20.6. The van der Waals surface area contributed by atoms with Crippen molar-refractivity contribution in [3.05, 3.63) is 71.1 Å². The van der Waals surface area contributed by atoms with Gasteiger partial charge in [0, 0.05) is 39.8 Å². The number of aromatic nitrogens is 3. The quantitative estimate of drug-likeness (QED) is 0.349. The number of anilines is 2. The second kappa shape index (κ2) is 12.5. The monoisotopic (exact) mass is 497 g/mol. The van der Waals surface area contributed by atoms with Crippen molar-refractivity contribution >= 4 is 11.9 Å². The van der Waals surface area contributed by atoms with Gasteiger partial charge in [-0.25, -0.2) is 8.78 Å². The van der Waals surface area contributed by atoms with E-state index in [-0.39, 0.29) is 5.75 Å². The Bertz CT molecular complexity index is 1120. The Kier molecular flexibility index (Phi) is 8.96. The average molecular weight is 498 g/mol. The van der Waals surface area contributed by atoms with Gasteiger partial charge in [-0.15, -0.1) is 0 Å². The maximum atomic E-state index is 13.5. The van der Waals surface area contributed by atoms with Crippen LogP contribution in [0.3, 0.4) is 0 Å². The first-order valence-corrected chi connectivity index (χ1v) is 12.3. The van der Waals surface area contributed by atoms with Gasteiger partial charge in [-0.3, -0.25) is 0 Å². The van der Waals surface area contributed by atoms with Crippen molar-refractivity contribution in [1.82, 2.24) is 25.6 Å². The number of nitrogens with zero attached hydrogens (tertiary/aromatic N) is 5. The SMILES string of the molecule is CN(CCCc1ccc(F)c(F)c1)c1nc(CNCCc2ccc(O)cc2)nc(N2CCNCC2)n1. The van der Waals surface area contributed by atoms with Crippen LogP contribution in [0.1, 0.15) is 23.4 Å². The molecule has 8 nitrogen and oxygen atoms in total. The zero-order valence-electron chi connectivity index (χ0n) is 20.6. The molecule has 1 aliphatic rings. The molecule has 4 rings (SSSR count). The molecule has 36 heavy (non-hydrogen) atoms. The van der Waals surface area contributed by atoms with Gasteiger partial charge in [0.2, 0.25) is 11.9 Å².